The maximum absolute atomic E-state index is 11.6. The van der Waals surface area contributed by atoms with Gasteiger partial charge in [-0.1, -0.05) is 24.3 Å². The van der Waals surface area contributed by atoms with Crippen LogP contribution in [0.4, 0.5) is 0 Å². The summed E-state index contributed by atoms with van der Waals surface area (Å²) < 4.78 is 10.1. The quantitative estimate of drug-likeness (QED) is 0.830. The lowest BCUT2D eigenvalue weighted by Crippen LogP contribution is -1.98. The van der Waals surface area contributed by atoms with Gasteiger partial charge in [0.25, 0.3) is 0 Å². The van der Waals surface area contributed by atoms with Gasteiger partial charge in [-0.05, 0) is 35.4 Å². The van der Waals surface area contributed by atoms with Crippen molar-refractivity contribution in [2.24, 2.45) is 0 Å². The Balaban J connectivity index is 2.44. The molecule has 0 aliphatic heterocycles. The summed E-state index contributed by atoms with van der Waals surface area (Å²) in [5.74, 6) is 1.15. The summed E-state index contributed by atoms with van der Waals surface area (Å²) in [7, 11) is 3.12. The zero-order valence-corrected chi connectivity index (χ0v) is 10.3. The smallest absolute Gasteiger partial charge is 0.220 e. The SMILES string of the molecule is COc1ccc(-c2ccc(OC)c(=O)cc2)cc1. The number of methoxy groups -OCH3 is 2. The topological polar surface area (TPSA) is 35.5 Å². The first kappa shape index (κ1) is 12.2. The Morgan fingerprint density at radius 1 is 0.722 bits per heavy atom. The number of benzene rings is 1. The average molecular weight is 242 g/mol. The van der Waals surface area contributed by atoms with Crippen molar-refractivity contribution in [3.63, 3.8) is 0 Å². The molecule has 0 aliphatic rings. The molecular formula is C15H14O3. The van der Waals surface area contributed by atoms with Gasteiger partial charge in [0.05, 0.1) is 14.2 Å². The van der Waals surface area contributed by atoms with E-state index < -0.39 is 0 Å². The zero-order valence-electron chi connectivity index (χ0n) is 10.3. The predicted molar refractivity (Wildman–Crippen MR) is 71.3 cm³/mol. The van der Waals surface area contributed by atoms with E-state index in [-0.39, 0.29) is 5.43 Å². The van der Waals surface area contributed by atoms with Crippen LogP contribution in [0.1, 0.15) is 0 Å². The molecule has 0 spiro atoms. The van der Waals surface area contributed by atoms with Gasteiger partial charge in [-0.25, -0.2) is 0 Å². The molecule has 3 nitrogen and oxygen atoms in total. The molecule has 0 saturated heterocycles. The van der Waals surface area contributed by atoms with Gasteiger partial charge in [0, 0.05) is 0 Å². The maximum atomic E-state index is 11.6. The first-order valence-corrected chi connectivity index (χ1v) is 5.57. The molecule has 0 fully saturated rings. The monoisotopic (exact) mass is 242 g/mol. The van der Waals surface area contributed by atoms with E-state index in [9.17, 15) is 4.79 Å². The molecule has 0 atom stereocenters. The molecular weight excluding hydrogens is 228 g/mol. The Morgan fingerprint density at radius 2 is 1.28 bits per heavy atom. The second kappa shape index (κ2) is 5.36. The molecule has 2 aromatic rings. The lowest BCUT2D eigenvalue weighted by atomic mass is 10.1. The van der Waals surface area contributed by atoms with Gasteiger partial charge in [-0.2, -0.15) is 0 Å². The third kappa shape index (κ3) is 2.51. The third-order valence-corrected chi connectivity index (χ3v) is 2.71. The van der Waals surface area contributed by atoms with Crippen molar-refractivity contribution >= 4 is 0 Å². The molecule has 2 aromatic carbocycles. The van der Waals surface area contributed by atoms with Crippen LogP contribution in [0.5, 0.6) is 11.5 Å². The van der Waals surface area contributed by atoms with Gasteiger partial charge in [-0.3, -0.25) is 4.79 Å². The summed E-state index contributed by atoms with van der Waals surface area (Å²) in [4.78, 5) is 11.6. The fourth-order valence-corrected chi connectivity index (χ4v) is 1.70. The van der Waals surface area contributed by atoms with Gasteiger partial charge in [0.2, 0.25) is 5.43 Å². The van der Waals surface area contributed by atoms with Crippen molar-refractivity contribution in [1.82, 2.24) is 0 Å². The molecule has 0 N–H and O–H groups in total. The van der Waals surface area contributed by atoms with Crippen molar-refractivity contribution in [1.29, 1.82) is 0 Å². The van der Waals surface area contributed by atoms with E-state index in [1.807, 2.05) is 30.3 Å². The fourth-order valence-electron chi connectivity index (χ4n) is 1.70. The highest BCUT2D eigenvalue weighted by Crippen LogP contribution is 2.21. The van der Waals surface area contributed by atoms with Gasteiger partial charge in [0.1, 0.15) is 5.75 Å². The molecule has 0 bridgehead atoms. The second-order valence-corrected chi connectivity index (χ2v) is 3.78. The fraction of sp³-hybridized carbons (Fsp3) is 0.133. The first-order chi connectivity index (χ1) is 8.74. The Morgan fingerprint density at radius 3 is 1.83 bits per heavy atom. The van der Waals surface area contributed by atoms with Crippen molar-refractivity contribution < 1.29 is 9.47 Å². The van der Waals surface area contributed by atoms with Gasteiger partial charge in [0.15, 0.2) is 5.75 Å². The van der Waals surface area contributed by atoms with E-state index in [1.54, 1.807) is 19.2 Å². The number of ether oxygens (including phenoxy) is 2. The second-order valence-electron chi connectivity index (χ2n) is 3.78. The van der Waals surface area contributed by atoms with Crippen molar-refractivity contribution in [3.05, 3.63) is 58.8 Å². The van der Waals surface area contributed by atoms with Gasteiger partial charge in [-0.15, -0.1) is 0 Å². The lowest BCUT2D eigenvalue weighted by Gasteiger charge is -2.01. The maximum Gasteiger partial charge on any atom is 0.220 e. The highest BCUT2D eigenvalue weighted by atomic mass is 16.5. The third-order valence-electron chi connectivity index (χ3n) is 2.71. The summed E-state index contributed by atoms with van der Waals surface area (Å²) in [5.41, 5.74) is 1.85. The van der Waals surface area contributed by atoms with Crippen molar-refractivity contribution in [3.8, 4) is 22.6 Å². The largest absolute Gasteiger partial charge is 0.497 e. The molecule has 0 unspecified atom stereocenters. The van der Waals surface area contributed by atoms with Crippen LogP contribution in [0.25, 0.3) is 11.1 Å². The molecule has 0 radical (unpaired) electrons. The van der Waals surface area contributed by atoms with E-state index >= 15 is 0 Å². The van der Waals surface area contributed by atoms with Crippen LogP contribution >= 0.6 is 0 Å². The highest BCUT2D eigenvalue weighted by molar-refractivity contribution is 5.64. The predicted octanol–water partition coefficient (Wildman–Crippen LogP) is 2.73. The Kier molecular flexibility index (Phi) is 3.63. The molecule has 3 heteroatoms. The summed E-state index contributed by atoms with van der Waals surface area (Å²) in [6, 6.07) is 14.5. The standard InChI is InChI=1S/C15H14O3/c1-17-13-7-3-11(4-8-13)12-5-9-14(16)15(18-2)10-6-12/h3-10H,1-2H3. The van der Waals surface area contributed by atoms with Crippen LogP contribution in [0.15, 0.2) is 53.3 Å². The number of hydrogen-bond donors (Lipinski definition) is 0. The highest BCUT2D eigenvalue weighted by Gasteiger charge is 2.00. The first-order valence-electron chi connectivity index (χ1n) is 5.57. The lowest BCUT2D eigenvalue weighted by molar-refractivity contribution is 0.411. The molecule has 0 heterocycles. The summed E-state index contributed by atoms with van der Waals surface area (Å²) in [6.45, 7) is 0. The van der Waals surface area contributed by atoms with E-state index in [4.69, 9.17) is 9.47 Å². The summed E-state index contributed by atoms with van der Waals surface area (Å²) in [6.07, 6.45) is 0. The van der Waals surface area contributed by atoms with Crippen LogP contribution in [0.3, 0.4) is 0 Å². The Hall–Kier alpha value is -2.29. The van der Waals surface area contributed by atoms with E-state index in [1.165, 1.54) is 13.2 Å². The van der Waals surface area contributed by atoms with Gasteiger partial charge >= 0.3 is 0 Å². The minimum absolute atomic E-state index is 0.128. The molecule has 92 valence electrons. The van der Waals surface area contributed by atoms with E-state index in [0.717, 1.165) is 16.9 Å². The minimum atomic E-state index is -0.128. The van der Waals surface area contributed by atoms with Crippen LogP contribution in [-0.4, -0.2) is 14.2 Å². The number of hydrogen-bond acceptors (Lipinski definition) is 3. The summed E-state index contributed by atoms with van der Waals surface area (Å²) >= 11 is 0. The molecule has 0 aromatic heterocycles. The van der Waals surface area contributed by atoms with E-state index in [2.05, 4.69) is 0 Å². The zero-order chi connectivity index (χ0) is 13.0. The molecule has 0 saturated carbocycles. The average Bonchev–Trinajstić information content (AvgIpc) is 2.61. The Labute approximate surface area is 106 Å². The molecule has 18 heavy (non-hydrogen) atoms. The van der Waals surface area contributed by atoms with Crippen LogP contribution < -0.4 is 14.9 Å². The van der Waals surface area contributed by atoms with E-state index in [0.29, 0.717) is 5.75 Å². The van der Waals surface area contributed by atoms with Crippen LogP contribution in [0, 0.1) is 0 Å². The molecule has 2 rings (SSSR count). The summed E-state index contributed by atoms with van der Waals surface area (Å²) in [5, 5.41) is 0. The molecule has 0 amide bonds. The van der Waals surface area contributed by atoms with Gasteiger partial charge < -0.3 is 9.47 Å². The Bertz CT molecular complexity index is 588. The van der Waals surface area contributed by atoms with Crippen molar-refractivity contribution in [2.75, 3.05) is 14.2 Å². The van der Waals surface area contributed by atoms with Crippen LogP contribution in [0.2, 0.25) is 0 Å². The molecule has 0 aliphatic carbocycles. The van der Waals surface area contributed by atoms with Crippen molar-refractivity contribution in [2.45, 2.75) is 0 Å². The van der Waals surface area contributed by atoms with Crippen LogP contribution in [-0.2, 0) is 0 Å². The normalized spacial score (nSPS) is 9.89. The number of rotatable bonds is 3. The minimum Gasteiger partial charge on any atom is -0.497 e.